The van der Waals surface area contributed by atoms with Gasteiger partial charge in [0.25, 0.3) is 5.78 Å². The Balaban J connectivity index is 3.09. The molecular formula is C21H24O5. The van der Waals surface area contributed by atoms with Crippen LogP contribution in [0.25, 0.3) is 0 Å². The molecule has 0 aliphatic heterocycles. The minimum atomic E-state index is -0.967. The first-order valence-corrected chi connectivity index (χ1v) is 8.09. The van der Waals surface area contributed by atoms with Gasteiger partial charge in [-0.2, -0.15) is 0 Å². The van der Waals surface area contributed by atoms with Crippen LogP contribution in [0.3, 0.4) is 0 Å². The van der Waals surface area contributed by atoms with Crippen LogP contribution in [0.15, 0.2) is 73.6 Å². The maximum absolute atomic E-state index is 12.5. The summed E-state index contributed by atoms with van der Waals surface area (Å²) in [5.41, 5.74) is 1.38. The third kappa shape index (κ3) is 5.77. The number of ketones is 1. The molecule has 1 aromatic carbocycles. The third-order valence-electron chi connectivity index (χ3n) is 3.51. The number of benzene rings is 1. The highest BCUT2D eigenvalue weighted by molar-refractivity contribution is 6.36. The van der Waals surface area contributed by atoms with Crippen LogP contribution in [0, 0.1) is 0 Å². The Labute approximate surface area is 154 Å². The van der Waals surface area contributed by atoms with Gasteiger partial charge in [0.15, 0.2) is 0 Å². The van der Waals surface area contributed by atoms with Gasteiger partial charge in [0.05, 0.1) is 13.7 Å². The molecule has 26 heavy (non-hydrogen) atoms. The molecule has 0 fully saturated rings. The average molecular weight is 356 g/mol. The van der Waals surface area contributed by atoms with E-state index < -0.39 is 17.7 Å². The van der Waals surface area contributed by atoms with Crippen molar-refractivity contribution in [1.82, 2.24) is 0 Å². The topological polar surface area (TPSA) is 61.8 Å². The quantitative estimate of drug-likeness (QED) is 0.262. The zero-order chi connectivity index (χ0) is 19.5. The van der Waals surface area contributed by atoms with E-state index >= 15 is 0 Å². The van der Waals surface area contributed by atoms with Crippen molar-refractivity contribution in [3.05, 3.63) is 79.1 Å². The Bertz CT molecular complexity index is 715. The maximum Gasteiger partial charge on any atom is 0.375 e. The van der Waals surface area contributed by atoms with Crippen LogP contribution in [-0.2, 0) is 19.1 Å². The first-order chi connectivity index (χ1) is 12.5. The molecule has 0 amide bonds. The summed E-state index contributed by atoms with van der Waals surface area (Å²) in [5.74, 6) is -1.95. The summed E-state index contributed by atoms with van der Waals surface area (Å²) in [4.78, 5) is 24.3. The highest BCUT2D eigenvalue weighted by Crippen LogP contribution is 2.28. The van der Waals surface area contributed by atoms with Crippen LogP contribution in [0.5, 0.6) is 5.75 Å². The van der Waals surface area contributed by atoms with Gasteiger partial charge in [-0.25, -0.2) is 4.79 Å². The van der Waals surface area contributed by atoms with Crippen molar-refractivity contribution in [2.75, 3.05) is 20.3 Å². The second-order valence-electron chi connectivity index (χ2n) is 5.23. The minimum absolute atomic E-state index is 0.111. The Kier molecular flexibility index (Phi) is 8.64. The lowest BCUT2D eigenvalue weighted by atomic mass is 9.93. The number of Topliss-reactive ketones (excluding diaryl/α,β-unsaturated/α-hetero) is 1. The zero-order valence-electron chi connectivity index (χ0n) is 15.2. The van der Waals surface area contributed by atoms with E-state index in [1.807, 2.05) is 0 Å². The number of carbonyl (C=O) groups is 2. The molecule has 0 spiro atoms. The molecule has 1 atom stereocenters. The normalized spacial score (nSPS) is 11.8. The molecule has 0 aliphatic carbocycles. The number of hydrogen-bond donors (Lipinski definition) is 0. The van der Waals surface area contributed by atoms with Gasteiger partial charge in [-0.1, -0.05) is 50.1 Å². The number of allylic oxidation sites excluding steroid dienone is 3. The highest BCUT2D eigenvalue weighted by atomic mass is 16.5. The van der Waals surface area contributed by atoms with E-state index in [1.54, 1.807) is 49.4 Å². The molecule has 5 heteroatoms. The SMILES string of the molecule is C=C/C=C(\C=C)COc1cccc(C(C(=C)OC)C(=O)C(=O)OCC)c1. The van der Waals surface area contributed by atoms with Crippen LogP contribution in [0.1, 0.15) is 18.4 Å². The fourth-order valence-corrected chi connectivity index (χ4v) is 2.20. The smallest absolute Gasteiger partial charge is 0.375 e. The lowest BCUT2D eigenvalue weighted by Crippen LogP contribution is -2.26. The van der Waals surface area contributed by atoms with Crippen molar-refractivity contribution in [2.24, 2.45) is 0 Å². The van der Waals surface area contributed by atoms with E-state index in [0.717, 1.165) is 5.57 Å². The zero-order valence-corrected chi connectivity index (χ0v) is 15.2. The van der Waals surface area contributed by atoms with E-state index in [9.17, 15) is 9.59 Å². The van der Waals surface area contributed by atoms with Gasteiger partial charge in [0.1, 0.15) is 24.0 Å². The number of rotatable bonds is 11. The van der Waals surface area contributed by atoms with Crippen molar-refractivity contribution in [3.8, 4) is 5.75 Å². The van der Waals surface area contributed by atoms with Crippen molar-refractivity contribution >= 4 is 11.8 Å². The molecule has 138 valence electrons. The Morgan fingerprint density at radius 1 is 1.27 bits per heavy atom. The summed E-state index contributed by atoms with van der Waals surface area (Å²) in [5, 5.41) is 0. The van der Waals surface area contributed by atoms with Gasteiger partial charge in [-0.3, -0.25) is 4.79 Å². The molecule has 0 heterocycles. The standard InChI is InChI=1S/C21H24O5/c1-6-10-16(7-2)14-26-18-12-9-11-17(13-18)19(15(4)24-5)20(22)21(23)25-8-3/h6-7,9-13,19H,1-2,4,8,14H2,3,5H3/b16-10+. The van der Waals surface area contributed by atoms with Crippen LogP contribution >= 0.6 is 0 Å². The molecule has 1 rings (SSSR count). The number of ether oxygens (including phenoxy) is 3. The van der Waals surface area contributed by atoms with Gasteiger partial charge in [0, 0.05) is 0 Å². The Morgan fingerprint density at radius 3 is 2.58 bits per heavy atom. The predicted octanol–water partition coefficient (Wildman–Crippen LogP) is 3.74. The predicted molar refractivity (Wildman–Crippen MR) is 101 cm³/mol. The molecule has 0 radical (unpaired) electrons. The summed E-state index contributed by atoms with van der Waals surface area (Å²) in [7, 11) is 1.39. The van der Waals surface area contributed by atoms with Crippen LogP contribution < -0.4 is 4.74 Å². The molecule has 0 aromatic heterocycles. The lowest BCUT2D eigenvalue weighted by Gasteiger charge is -2.18. The fraction of sp³-hybridized carbons (Fsp3) is 0.238. The molecule has 0 saturated carbocycles. The van der Waals surface area contributed by atoms with E-state index in [-0.39, 0.29) is 12.4 Å². The third-order valence-corrected chi connectivity index (χ3v) is 3.51. The minimum Gasteiger partial charge on any atom is -0.501 e. The van der Waals surface area contributed by atoms with Crippen LogP contribution in [0.2, 0.25) is 0 Å². The van der Waals surface area contributed by atoms with Gasteiger partial charge >= 0.3 is 5.97 Å². The lowest BCUT2D eigenvalue weighted by molar-refractivity contribution is -0.154. The first-order valence-electron chi connectivity index (χ1n) is 8.09. The van der Waals surface area contributed by atoms with E-state index in [1.165, 1.54) is 7.11 Å². The first kappa shape index (κ1) is 21.0. The number of hydrogen-bond acceptors (Lipinski definition) is 5. The van der Waals surface area contributed by atoms with E-state index in [4.69, 9.17) is 14.2 Å². The summed E-state index contributed by atoms with van der Waals surface area (Å²) < 4.78 is 15.6. The van der Waals surface area contributed by atoms with Gasteiger partial charge in [-0.05, 0) is 30.2 Å². The van der Waals surface area contributed by atoms with Crippen molar-refractivity contribution < 1.29 is 23.8 Å². The van der Waals surface area contributed by atoms with Gasteiger partial charge in [0.2, 0.25) is 0 Å². The van der Waals surface area contributed by atoms with Gasteiger partial charge in [-0.15, -0.1) is 0 Å². The molecule has 1 aromatic rings. The summed E-state index contributed by atoms with van der Waals surface area (Å²) >= 11 is 0. The van der Waals surface area contributed by atoms with Crippen LogP contribution in [0.4, 0.5) is 0 Å². The van der Waals surface area contributed by atoms with Gasteiger partial charge < -0.3 is 14.2 Å². The Hall–Kier alpha value is -3.08. The van der Waals surface area contributed by atoms with Crippen molar-refractivity contribution in [2.45, 2.75) is 12.8 Å². The molecule has 1 unspecified atom stereocenters. The van der Waals surface area contributed by atoms with E-state index in [0.29, 0.717) is 17.9 Å². The molecule has 0 bridgehead atoms. The molecule has 0 N–H and O–H groups in total. The number of esters is 1. The second kappa shape index (κ2) is 10.7. The summed E-state index contributed by atoms with van der Waals surface area (Å²) in [6.07, 6.45) is 5.11. The molecule has 0 saturated heterocycles. The molecule has 5 nitrogen and oxygen atoms in total. The monoisotopic (exact) mass is 356 g/mol. The maximum atomic E-state index is 12.5. The molecular weight excluding hydrogens is 332 g/mol. The van der Waals surface area contributed by atoms with Crippen LogP contribution in [-0.4, -0.2) is 32.1 Å². The second-order valence-corrected chi connectivity index (χ2v) is 5.23. The summed E-state index contributed by atoms with van der Waals surface area (Å²) in [6.45, 7) is 13.1. The summed E-state index contributed by atoms with van der Waals surface area (Å²) in [6, 6.07) is 6.84. The highest BCUT2D eigenvalue weighted by Gasteiger charge is 2.31. The number of methoxy groups -OCH3 is 1. The largest absolute Gasteiger partial charge is 0.501 e. The fourth-order valence-electron chi connectivity index (χ4n) is 2.20. The van der Waals surface area contributed by atoms with Crippen molar-refractivity contribution in [1.29, 1.82) is 0 Å². The van der Waals surface area contributed by atoms with Crippen molar-refractivity contribution in [3.63, 3.8) is 0 Å². The Morgan fingerprint density at radius 2 is 2.00 bits per heavy atom. The number of carbonyl (C=O) groups excluding carboxylic acids is 2. The van der Waals surface area contributed by atoms with E-state index in [2.05, 4.69) is 19.7 Å². The average Bonchev–Trinajstić information content (AvgIpc) is 2.65. The molecule has 0 aliphatic rings.